The van der Waals surface area contributed by atoms with Gasteiger partial charge in [0.15, 0.2) is 0 Å². The molecule has 1 aromatic carbocycles. The van der Waals surface area contributed by atoms with E-state index in [1.165, 1.54) is 0 Å². The third-order valence-electron chi connectivity index (χ3n) is 3.18. The Morgan fingerprint density at radius 2 is 2.00 bits per heavy atom. The highest BCUT2D eigenvalue weighted by Gasteiger charge is 2.26. The van der Waals surface area contributed by atoms with Crippen LogP contribution in [-0.4, -0.2) is 9.78 Å². The number of benzene rings is 1. The molecule has 0 saturated heterocycles. The first-order chi connectivity index (χ1) is 9.82. The van der Waals surface area contributed by atoms with Gasteiger partial charge < -0.3 is 5.32 Å². The Morgan fingerprint density at radius 1 is 1.33 bits per heavy atom. The highest BCUT2D eigenvalue weighted by atomic mass is 35.5. The van der Waals surface area contributed by atoms with Crippen molar-refractivity contribution in [1.82, 2.24) is 9.78 Å². The minimum absolute atomic E-state index is 0.131. The molecule has 0 amide bonds. The molecule has 1 aromatic heterocycles. The molecule has 0 aliphatic rings. The van der Waals surface area contributed by atoms with Crippen LogP contribution in [0.25, 0.3) is 0 Å². The normalized spacial score (nSPS) is 12.8. The lowest BCUT2D eigenvalue weighted by molar-refractivity contribution is 0.547. The van der Waals surface area contributed by atoms with Crippen LogP contribution in [0.5, 0.6) is 0 Å². The van der Waals surface area contributed by atoms with Crippen LogP contribution in [0.4, 0.5) is 5.69 Å². The molecular formula is C16H19ClN4. The molecule has 1 atom stereocenters. The van der Waals surface area contributed by atoms with Gasteiger partial charge >= 0.3 is 0 Å². The molecule has 0 fully saturated rings. The predicted molar refractivity (Wildman–Crippen MR) is 85.3 cm³/mol. The zero-order valence-electron chi connectivity index (χ0n) is 12.7. The smallest absolute Gasteiger partial charge is 0.143 e. The van der Waals surface area contributed by atoms with E-state index in [-0.39, 0.29) is 5.41 Å². The number of hydrogen-bond acceptors (Lipinski definition) is 3. The van der Waals surface area contributed by atoms with Crippen molar-refractivity contribution in [2.24, 2.45) is 7.05 Å². The molecule has 1 unspecified atom stereocenters. The lowest BCUT2D eigenvalue weighted by Gasteiger charge is -2.20. The van der Waals surface area contributed by atoms with Gasteiger partial charge in [0.05, 0.1) is 22.5 Å². The number of rotatable bonds is 3. The van der Waals surface area contributed by atoms with Crippen LogP contribution in [0.2, 0.25) is 5.02 Å². The topological polar surface area (TPSA) is 53.6 Å². The lowest BCUT2D eigenvalue weighted by Crippen LogP contribution is -2.18. The van der Waals surface area contributed by atoms with Gasteiger partial charge in [-0.05, 0) is 12.1 Å². The van der Waals surface area contributed by atoms with E-state index >= 15 is 0 Å². The summed E-state index contributed by atoms with van der Waals surface area (Å²) in [6.07, 6.45) is 1.89. The summed E-state index contributed by atoms with van der Waals surface area (Å²) in [6.45, 7) is 6.26. The van der Waals surface area contributed by atoms with Gasteiger partial charge in [-0.25, -0.2) is 0 Å². The lowest BCUT2D eigenvalue weighted by atomic mass is 9.87. The molecule has 1 N–H and O–H groups in total. The quantitative estimate of drug-likeness (QED) is 0.930. The Labute approximate surface area is 130 Å². The minimum Gasteiger partial charge on any atom is -0.365 e. The zero-order chi connectivity index (χ0) is 15.6. The molecule has 0 aliphatic carbocycles. The van der Waals surface area contributed by atoms with Crippen molar-refractivity contribution in [3.05, 3.63) is 46.7 Å². The monoisotopic (exact) mass is 302 g/mol. The Balaban J connectivity index is 2.40. The summed E-state index contributed by atoms with van der Waals surface area (Å²) in [4.78, 5) is 0. The number of nitrogens with one attached hydrogen (secondary N) is 1. The molecule has 0 saturated carbocycles. The van der Waals surface area contributed by atoms with Crippen molar-refractivity contribution in [1.29, 1.82) is 5.26 Å². The average molecular weight is 303 g/mol. The van der Waals surface area contributed by atoms with Gasteiger partial charge in [0.1, 0.15) is 6.04 Å². The maximum Gasteiger partial charge on any atom is 0.143 e. The molecule has 4 nitrogen and oxygen atoms in total. The van der Waals surface area contributed by atoms with Crippen LogP contribution in [0.1, 0.15) is 38.1 Å². The number of hydrogen-bond donors (Lipinski definition) is 1. The van der Waals surface area contributed by atoms with E-state index in [2.05, 4.69) is 37.3 Å². The van der Waals surface area contributed by atoms with Gasteiger partial charge in [0.25, 0.3) is 0 Å². The number of aryl methyl sites for hydroxylation is 1. The van der Waals surface area contributed by atoms with Crippen LogP contribution in [-0.2, 0) is 12.5 Å². The average Bonchev–Trinajstić information content (AvgIpc) is 2.80. The molecule has 0 spiro atoms. The molecule has 0 bridgehead atoms. The van der Waals surface area contributed by atoms with Gasteiger partial charge in [-0.15, -0.1) is 0 Å². The molecule has 21 heavy (non-hydrogen) atoms. The number of nitriles is 1. The summed E-state index contributed by atoms with van der Waals surface area (Å²) in [5.41, 5.74) is 2.41. The minimum atomic E-state index is -0.493. The second kappa shape index (κ2) is 5.79. The Bertz CT molecular complexity index is 676. The summed E-state index contributed by atoms with van der Waals surface area (Å²) >= 11 is 6.15. The van der Waals surface area contributed by atoms with Crippen LogP contribution in [0.15, 0.2) is 30.5 Å². The maximum atomic E-state index is 9.54. The van der Waals surface area contributed by atoms with Gasteiger partial charge in [-0.3, -0.25) is 4.68 Å². The standard InChI is InChI=1S/C16H19ClN4/c1-16(2,3)15-11(10-21(4)20-15)14(9-18)19-13-8-6-5-7-12(13)17/h5-8,10,14,19H,1-4H3. The second-order valence-electron chi connectivity index (χ2n) is 6.04. The molecule has 0 radical (unpaired) electrons. The summed E-state index contributed by atoms with van der Waals surface area (Å²) in [6, 6.07) is 9.21. The third-order valence-corrected chi connectivity index (χ3v) is 3.51. The molecular weight excluding hydrogens is 284 g/mol. The molecule has 2 rings (SSSR count). The van der Waals surface area contributed by atoms with E-state index in [0.29, 0.717) is 5.02 Å². The molecule has 1 heterocycles. The number of aromatic nitrogens is 2. The number of para-hydroxylation sites is 1. The second-order valence-corrected chi connectivity index (χ2v) is 6.45. The zero-order valence-corrected chi connectivity index (χ0v) is 13.4. The Hall–Kier alpha value is -1.99. The van der Waals surface area contributed by atoms with E-state index in [1.54, 1.807) is 10.7 Å². The van der Waals surface area contributed by atoms with Crippen LogP contribution < -0.4 is 5.32 Å². The van der Waals surface area contributed by atoms with Gasteiger partial charge in [0, 0.05) is 24.2 Å². The maximum absolute atomic E-state index is 9.54. The van der Waals surface area contributed by atoms with E-state index in [4.69, 9.17) is 11.6 Å². The van der Waals surface area contributed by atoms with E-state index < -0.39 is 6.04 Å². The van der Waals surface area contributed by atoms with Crippen LogP contribution >= 0.6 is 11.6 Å². The highest BCUT2D eigenvalue weighted by molar-refractivity contribution is 6.33. The van der Waals surface area contributed by atoms with Gasteiger partial charge in [-0.2, -0.15) is 10.4 Å². The fourth-order valence-corrected chi connectivity index (χ4v) is 2.40. The SMILES string of the molecule is Cn1cc(C(C#N)Nc2ccccc2Cl)c(C(C)(C)C)n1. The molecule has 0 aliphatic heterocycles. The summed E-state index contributed by atoms with van der Waals surface area (Å²) in [7, 11) is 1.86. The van der Waals surface area contributed by atoms with E-state index in [9.17, 15) is 5.26 Å². The van der Waals surface area contributed by atoms with Crippen molar-refractivity contribution < 1.29 is 0 Å². The first-order valence-corrected chi connectivity index (χ1v) is 7.15. The van der Waals surface area contributed by atoms with E-state index in [0.717, 1.165) is 16.9 Å². The molecule has 2 aromatic rings. The first kappa shape index (κ1) is 15.4. The van der Waals surface area contributed by atoms with Crippen molar-refractivity contribution in [2.45, 2.75) is 32.2 Å². The number of anilines is 1. The van der Waals surface area contributed by atoms with Crippen LogP contribution in [0.3, 0.4) is 0 Å². The van der Waals surface area contributed by atoms with Gasteiger partial charge in [0.2, 0.25) is 0 Å². The number of nitrogens with zero attached hydrogens (tertiary/aromatic N) is 3. The summed E-state index contributed by atoms with van der Waals surface area (Å²) in [5, 5.41) is 17.8. The fraction of sp³-hybridized carbons (Fsp3) is 0.375. The van der Waals surface area contributed by atoms with Crippen molar-refractivity contribution in [3.63, 3.8) is 0 Å². The third kappa shape index (κ3) is 3.37. The highest BCUT2D eigenvalue weighted by Crippen LogP contribution is 2.31. The van der Waals surface area contributed by atoms with Crippen LogP contribution in [0, 0.1) is 11.3 Å². The van der Waals surface area contributed by atoms with E-state index in [1.807, 2.05) is 31.4 Å². The largest absolute Gasteiger partial charge is 0.365 e. The van der Waals surface area contributed by atoms with Crippen molar-refractivity contribution in [2.75, 3.05) is 5.32 Å². The molecule has 5 heteroatoms. The van der Waals surface area contributed by atoms with Gasteiger partial charge in [-0.1, -0.05) is 44.5 Å². The number of halogens is 1. The Morgan fingerprint density at radius 3 is 2.57 bits per heavy atom. The van der Waals surface area contributed by atoms with Crippen molar-refractivity contribution in [3.8, 4) is 6.07 Å². The fourth-order valence-electron chi connectivity index (χ4n) is 2.21. The predicted octanol–water partition coefficient (Wildman–Crippen LogP) is 4.05. The first-order valence-electron chi connectivity index (χ1n) is 6.77. The Kier molecular flexibility index (Phi) is 4.24. The summed E-state index contributed by atoms with van der Waals surface area (Å²) in [5.74, 6) is 0. The summed E-state index contributed by atoms with van der Waals surface area (Å²) < 4.78 is 1.74. The van der Waals surface area contributed by atoms with Crippen molar-refractivity contribution >= 4 is 17.3 Å². The molecule has 110 valence electrons.